The van der Waals surface area contributed by atoms with Crippen LogP contribution >= 0.6 is 15.9 Å². The van der Waals surface area contributed by atoms with E-state index in [1.54, 1.807) is 0 Å². The van der Waals surface area contributed by atoms with Gasteiger partial charge in [0.05, 0.1) is 22.6 Å². The first-order valence-electron chi connectivity index (χ1n) is 5.86. The Bertz CT molecular complexity index is 530. The number of halogens is 2. The summed E-state index contributed by atoms with van der Waals surface area (Å²) in [5.41, 5.74) is 0. The number of benzene rings is 1. The molecule has 0 radical (unpaired) electrons. The Hall–Kier alpha value is -0.540. The lowest BCUT2D eigenvalue weighted by Gasteiger charge is -2.21. The summed E-state index contributed by atoms with van der Waals surface area (Å²) in [5, 5.41) is 0. The van der Waals surface area contributed by atoms with E-state index in [4.69, 9.17) is 9.47 Å². The summed E-state index contributed by atoms with van der Waals surface area (Å²) < 4.78 is 49.6. The SMILES string of the molecule is COCCN(CCOC)S(=O)(=O)c1ccc(Br)c(F)c1. The number of hydrogen-bond donors (Lipinski definition) is 0. The zero-order valence-corrected chi connectivity index (χ0v) is 13.7. The topological polar surface area (TPSA) is 55.8 Å². The monoisotopic (exact) mass is 369 g/mol. The molecule has 1 rings (SSSR count). The average Bonchev–Trinajstić information content (AvgIpc) is 2.41. The van der Waals surface area contributed by atoms with E-state index in [0.717, 1.165) is 6.07 Å². The van der Waals surface area contributed by atoms with Crippen LogP contribution in [0.15, 0.2) is 27.6 Å². The Morgan fingerprint density at radius 1 is 1.20 bits per heavy atom. The van der Waals surface area contributed by atoms with Crippen LogP contribution in [0.5, 0.6) is 0 Å². The number of methoxy groups -OCH3 is 2. The highest BCUT2D eigenvalue weighted by Crippen LogP contribution is 2.22. The molecule has 0 bridgehead atoms. The van der Waals surface area contributed by atoms with E-state index in [-0.39, 0.29) is 35.7 Å². The van der Waals surface area contributed by atoms with E-state index < -0.39 is 15.8 Å². The molecular weight excluding hydrogens is 353 g/mol. The number of sulfonamides is 1. The highest BCUT2D eigenvalue weighted by atomic mass is 79.9. The molecule has 20 heavy (non-hydrogen) atoms. The molecule has 1 aromatic rings. The zero-order valence-electron chi connectivity index (χ0n) is 11.3. The van der Waals surface area contributed by atoms with Crippen molar-refractivity contribution in [3.63, 3.8) is 0 Å². The maximum absolute atomic E-state index is 13.5. The van der Waals surface area contributed by atoms with Crippen LogP contribution in [0.25, 0.3) is 0 Å². The van der Waals surface area contributed by atoms with Gasteiger partial charge < -0.3 is 9.47 Å². The van der Waals surface area contributed by atoms with Crippen molar-refractivity contribution in [2.24, 2.45) is 0 Å². The number of hydrogen-bond acceptors (Lipinski definition) is 4. The smallest absolute Gasteiger partial charge is 0.243 e. The Morgan fingerprint density at radius 3 is 2.20 bits per heavy atom. The van der Waals surface area contributed by atoms with Crippen LogP contribution in [0.4, 0.5) is 4.39 Å². The Balaban J connectivity index is 3.03. The highest BCUT2D eigenvalue weighted by molar-refractivity contribution is 9.10. The molecule has 0 aliphatic carbocycles. The lowest BCUT2D eigenvalue weighted by molar-refractivity contribution is 0.150. The molecule has 0 saturated heterocycles. The third-order valence-electron chi connectivity index (χ3n) is 2.62. The van der Waals surface area contributed by atoms with E-state index in [1.165, 1.54) is 30.7 Å². The minimum Gasteiger partial charge on any atom is -0.383 e. The normalized spacial score (nSPS) is 12.1. The van der Waals surface area contributed by atoms with Crippen molar-refractivity contribution in [1.82, 2.24) is 4.31 Å². The third kappa shape index (κ3) is 4.49. The molecule has 0 fully saturated rings. The van der Waals surface area contributed by atoms with E-state index in [9.17, 15) is 12.8 Å². The second-order valence-corrected chi connectivity index (χ2v) is 6.76. The van der Waals surface area contributed by atoms with Gasteiger partial charge in [0.25, 0.3) is 0 Å². The molecule has 0 atom stereocenters. The maximum atomic E-state index is 13.5. The van der Waals surface area contributed by atoms with Gasteiger partial charge in [-0.05, 0) is 34.1 Å². The van der Waals surface area contributed by atoms with E-state index in [1.807, 2.05) is 0 Å². The minimum atomic E-state index is -3.77. The molecule has 1 aromatic carbocycles. The van der Waals surface area contributed by atoms with E-state index >= 15 is 0 Å². The lowest BCUT2D eigenvalue weighted by atomic mass is 10.3. The second kappa shape index (κ2) is 8.04. The van der Waals surface area contributed by atoms with Crippen LogP contribution in [0.2, 0.25) is 0 Å². The summed E-state index contributed by atoms with van der Waals surface area (Å²) in [6, 6.07) is 3.72. The van der Waals surface area contributed by atoms with Crippen molar-refractivity contribution in [3.8, 4) is 0 Å². The lowest BCUT2D eigenvalue weighted by Crippen LogP contribution is -2.36. The fraction of sp³-hybridized carbons (Fsp3) is 0.500. The molecule has 0 N–H and O–H groups in total. The van der Waals surface area contributed by atoms with Gasteiger partial charge in [-0.2, -0.15) is 4.31 Å². The van der Waals surface area contributed by atoms with Gasteiger partial charge in [0.15, 0.2) is 0 Å². The Morgan fingerprint density at radius 2 is 1.75 bits per heavy atom. The summed E-state index contributed by atoms with van der Waals surface area (Å²) in [6.07, 6.45) is 0. The minimum absolute atomic E-state index is 0.0922. The van der Waals surface area contributed by atoms with Crippen LogP contribution in [-0.4, -0.2) is 53.2 Å². The van der Waals surface area contributed by atoms with Crippen molar-refractivity contribution in [2.75, 3.05) is 40.5 Å². The van der Waals surface area contributed by atoms with Crippen molar-refractivity contribution >= 4 is 26.0 Å². The fourth-order valence-electron chi connectivity index (χ4n) is 1.52. The molecule has 0 aliphatic heterocycles. The Labute approximate surface area is 126 Å². The van der Waals surface area contributed by atoms with Crippen molar-refractivity contribution in [1.29, 1.82) is 0 Å². The summed E-state index contributed by atoms with van der Waals surface area (Å²) in [7, 11) is -0.799. The first-order chi connectivity index (χ1) is 9.43. The quantitative estimate of drug-likeness (QED) is 0.701. The van der Waals surface area contributed by atoms with Gasteiger partial charge in [-0.1, -0.05) is 0 Å². The predicted octanol–water partition coefficient (Wildman–Crippen LogP) is 1.87. The number of nitrogens with zero attached hydrogens (tertiary/aromatic N) is 1. The van der Waals surface area contributed by atoms with E-state index in [0.29, 0.717) is 0 Å². The van der Waals surface area contributed by atoms with Gasteiger partial charge >= 0.3 is 0 Å². The number of ether oxygens (including phenoxy) is 2. The van der Waals surface area contributed by atoms with Crippen LogP contribution in [0, 0.1) is 5.82 Å². The predicted molar refractivity (Wildman–Crippen MR) is 76.6 cm³/mol. The molecule has 8 heteroatoms. The van der Waals surface area contributed by atoms with Crippen molar-refractivity contribution in [3.05, 3.63) is 28.5 Å². The third-order valence-corrected chi connectivity index (χ3v) is 5.16. The summed E-state index contributed by atoms with van der Waals surface area (Å²) in [6.45, 7) is 0.865. The molecule has 0 spiro atoms. The summed E-state index contributed by atoms with van der Waals surface area (Å²) in [5.74, 6) is -0.621. The van der Waals surface area contributed by atoms with Crippen LogP contribution < -0.4 is 0 Å². The number of rotatable bonds is 8. The molecule has 0 amide bonds. The van der Waals surface area contributed by atoms with Gasteiger partial charge in [-0.3, -0.25) is 0 Å². The van der Waals surface area contributed by atoms with Gasteiger partial charge in [-0.25, -0.2) is 12.8 Å². The highest BCUT2D eigenvalue weighted by Gasteiger charge is 2.24. The summed E-state index contributed by atoms with van der Waals surface area (Å²) in [4.78, 5) is -0.0922. The second-order valence-electron chi connectivity index (χ2n) is 3.97. The molecule has 0 aliphatic rings. The van der Waals surface area contributed by atoms with Gasteiger partial charge in [0.2, 0.25) is 10.0 Å². The molecule has 0 aromatic heterocycles. The molecule has 0 saturated carbocycles. The molecule has 0 heterocycles. The van der Waals surface area contributed by atoms with Crippen molar-refractivity contribution in [2.45, 2.75) is 4.90 Å². The zero-order chi connectivity index (χ0) is 15.2. The first kappa shape index (κ1) is 17.5. The van der Waals surface area contributed by atoms with Crippen molar-refractivity contribution < 1.29 is 22.3 Å². The largest absolute Gasteiger partial charge is 0.383 e. The fourth-order valence-corrected chi connectivity index (χ4v) is 3.19. The van der Waals surface area contributed by atoms with E-state index in [2.05, 4.69) is 15.9 Å². The van der Waals surface area contributed by atoms with Gasteiger partial charge in [-0.15, -0.1) is 0 Å². The van der Waals surface area contributed by atoms with Crippen LogP contribution in [0.3, 0.4) is 0 Å². The summed E-state index contributed by atoms with van der Waals surface area (Å²) >= 11 is 2.99. The Kier molecular flexibility index (Phi) is 7.04. The maximum Gasteiger partial charge on any atom is 0.243 e. The van der Waals surface area contributed by atoms with Crippen LogP contribution in [0.1, 0.15) is 0 Å². The van der Waals surface area contributed by atoms with Gasteiger partial charge in [0.1, 0.15) is 5.82 Å². The van der Waals surface area contributed by atoms with Gasteiger partial charge in [0, 0.05) is 27.3 Å². The molecular formula is C12H17BrFNO4S. The molecule has 114 valence electrons. The van der Waals surface area contributed by atoms with Crippen LogP contribution in [-0.2, 0) is 19.5 Å². The average molecular weight is 370 g/mol. The molecule has 0 unspecified atom stereocenters. The standard InChI is InChI=1S/C12H17BrFNO4S/c1-18-7-5-15(6-8-19-2)20(16,17)10-3-4-11(13)12(14)9-10/h3-4,9H,5-8H2,1-2H3. The molecule has 5 nitrogen and oxygen atoms in total. The first-order valence-corrected chi connectivity index (χ1v) is 8.10.